The summed E-state index contributed by atoms with van der Waals surface area (Å²) in [7, 11) is 1.75. The predicted octanol–water partition coefficient (Wildman–Crippen LogP) is 2.79. The fraction of sp³-hybridized carbons (Fsp3) is 0.400. The third kappa shape index (κ3) is 5.39. The van der Waals surface area contributed by atoms with Gasteiger partial charge in [0, 0.05) is 49.6 Å². The number of nitrogens with two attached hydrogens (primary N) is 1. The van der Waals surface area contributed by atoms with Crippen molar-refractivity contribution in [3.8, 4) is 17.1 Å². The van der Waals surface area contributed by atoms with Crippen molar-refractivity contribution in [2.45, 2.75) is 19.3 Å². The van der Waals surface area contributed by atoms with E-state index < -0.39 is 0 Å². The Kier molecular flexibility index (Phi) is 6.65. The molecular formula is C20H26N8OS. The molecule has 0 aliphatic carbocycles. The first-order valence-corrected chi connectivity index (χ1v) is 10.8. The number of aromatic nitrogens is 5. The summed E-state index contributed by atoms with van der Waals surface area (Å²) in [5, 5.41) is 12.1. The van der Waals surface area contributed by atoms with Gasteiger partial charge < -0.3 is 14.8 Å². The smallest absolute Gasteiger partial charge is 0.204 e. The van der Waals surface area contributed by atoms with Gasteiger partial charge in [-0.3, -0.25) is 0 Å². The summed E-state index contributed by atoms with van der Waals surface area (Å²) in [6.45, 7) is 3.84. The van der Waals surface area contributed by atoms with Crippen molar-refractivity contribution in [3.05, 3.63) is 42.6 Å². The highest BCUT2D eigenvalue weighted by molar-refractivity contribution is 7.98. The minimum atomic E-state index is 0.562. The Hall–Kier alpha value is -2.85. The van der Waals surface area contributed by atoms with Crippen LogP contribution in [0.15, 0.2) is 42.6 Å². The van der Waals surface area contributed by atoms with Crippen molar-refractivity contribution in [1.82, 2.24) is 29.5 Å². The number of nitrogen functional groups attached to an aromatic ring is 1. The maximum Gasteiger partial charge on any atom is 0.204 e. The van der Waals surface area contributed by atoms with E-state index >= 15 is 0 Å². The number of pyridine rings is 1. The standard InChI is InChI=1S/C20H26N8OS/c1-26-24-20(23-25-26)16-5-7-18(8-6-16)29-14-4-2-3-11-27-12-13-28(30-27)17-9-10-22-19(21)15-17/h5-10,15H,2-4,11-14H2,1H3,(H2,21,22). The Morgan fingerprint density at radius 3 is 2.73 bits per heavy atom. The Morgan fingerprint density at radius 1 is 1.10 bits per heavy atom. The molecule has 158 valence electrons. The van der Waals surface area contributed by atoms with Crippen molar-refractivity contribution in [2.24, 2.45) is 7.05 Å². The number of hydrogen-bond donors (Lipinski definition) is 1. The number of aryl methyl sites for hydroxylation is 1. The molecule has 0 bridgehead atoms. The first-order chi connectivity index (χ1) is 14.7. The van der Waals surface area contributed by atoms with Gasteiger partial charge in [-0.15, -0.1) is 10.2 Å². The minimum absolute atomic E-state index is 0.562. The van der Waals surface area contributed by atoms with E-state index in [0.717, 1.165) is 62.5 Å². The van der Waals surface area contributed by atoms with E-state index in [1.54, 1.807) is 25.4 Å². The van der Waals surface area contributed by atoms with Crippen LogP contribution in [0, 0.1) is 0 Å². The molecule has 0 amide bonds. The third-order valence-electron chi connectivity index (χ3n) is 4.76. The molecule has 3 heterocycles. The minimum Gasteiger partial charge on any atom is -0.494 e. The second-order valence-corrected chi connectivity index (χ2v) is 8.21. The number of tetrazole rings is 1. The van der Waals surface area contributed by atoms with E-state index in [1.807, 2.05) is 36.4 Å². The number of nitrogens with zero attached hydrogens (tertiary/aromatic N) is 7. The Balaban J connectivity index is 1.11. The number of hydrogen-bond acceptors (Lipinski definition) is 9. The maximum atomic E-state index is 5.85. The van der Waals surface area contributed by atoms with Crippen LogP contribution in [0.2, 0.25) is 0 Å². The van der Waals surface area contributed by atoms with Gasteiger partial charge in [-0.1, -0.05) is 0 Å². The molecule has 2 aromatic heterocycles. The lowest BCUT2D eigenvalue weighted by Gasteiger charge is -2.18. The van der Waals surface area contributed by atoms with Gasteiger partial charge >= 0.3 is 0 Å². The van der Waals surface area contributed by atoms with Crippen LogP contribution in [0.3, 0.4) is 0 Å². The van der Waals surface area contributed by atoms with Crippen LogP contribution in [0.1, 0.15) is 19.3 Å². The average molecular weight is 427 g/mol. The third-order valence-corrected chi connectivity index (χ3v) is 5.95. The van der Waals surface area contributed by atoms with Gasteiger partial charge in [-0.25, -0.2) is 9.29 Å². The Morgan fingerprint density at radius 2 is 1.97 bits per heavy atom. The lowest BCUT2D eigenvalue weighted by molar-refractivity contribution is 0.303. The summed E-state index contributed by atoms with van der Waals surface area (Å²) in [4.78, 5) is 5.51. The first kappa shape index (κ1) is 20.4. The topological polar surface area (TPSA) is 98.2 Å². The summed E-state index contributed by atoms with van der Waals surface area (Å²) in [5.41, 5.74) is 7.83. The molecule has 1 saturated heterocycles. The second-order valence-electron chi connectivity index (χ2n) is 7.09. The van der Waals surface area contributed by atoms with Crippen molar-refractivity contribution in [3.63, 3.8) is 0 Å². The fourth-order valence-corrected chi connectivity index (χ4v) is 4.22. The monoisotopic (exact) mass is 426 g/mol. The molecule has 30 heavy (non-hydrogen) atoms. The normalized spacial score (nSPS) is 14.4. The number of ether oxygens (including phenoxy) is 1. The van der Waals surface area contributed by atoms with Gasteiger partial charge in [-0.05, 0) is 54.8 Å². The molecule has 9 nitrogen and oxygen atoms in total. The second kappa shape index (κ2) is 9.77. The summed E-state index contributed by atoms with van der Waals surface area (Å²) in [5.74, 6) is 2.05. The van der Waals surface area contributed by atoms with Crippen LogP contribution in [0.4, 0.5) is 11.5 Å². The number of unbranched alkanes of at least 4 members (excludes halogenated alkanes) is 2. The molecule has 3 aromatic rings. The lowest BCUT2D eigenvalue weighted by atomic mass is 10.2. The summed E-state index contributed by atoms with van der Waals surface area (Å²) in [6, 6.07) is 11.7. The maximum absolute atomic E-state index is 5.85. The van der Waals surface area contributed by atoms with E-state index in [9.17, 15) is 0 Å². The zero-order chi connectivity index (χ0) is 20.8. The molecule has 4 rings (SSSR count). The molecule has 0 spiro atoms. The van der Waals surface area contributed by atoms with Crippen molar-refractivity contribution >= 4 is 23.6 Å². The van der Waals surface area contributed by atoms with E-state index in [1.165, 1.54) is 4.80 Å². The lowest BCUT2D eigenvalue weighted by Crippen LogP contribution is -2.14. The Bertz CT molecular complexity index is 948. The van der Waals surface area contributed by atoms with Crippen LogP contribution in [0.5, 0.6) is 5.75 Å². The molecule has 1 fully saturated rings. The van der Waals surface area contributed by atoms with Gasteiger partial charge in [0.15, 0.2) is 0 Å². The largest absolute Gasteiger partial charge is 0.494 e. The Labute approximate surface area is 180 Å². The van der Waals surface area contributed by atoms with E-state index in [0.29, 0.717) is 11.6 Å². The molecule has 0 radical (unpaired) electrons. The highest BCUT2D eigenvalue weighted by Crippen LogP contribution is 2.30. The fourth-order valence-electron chi connectivity index (χ4n) is 3.20. The molecule has 0 atom stereocenters. The van der Waals surface area contributed by atoms with Gasteiger partial charge in [-0.2, -0.15) is 4.80 Å². The summed E-state index contributed by atoms with van der Waals surface area (Å²) >= 11 is 1.77. The number of anilines is 2. The van der Waals surface area contributed by atoms with Crippen LogP contribution >= 0.6 is 12.1 Å². The van der Waals surface area contributed by atoms with Crippen molar-refractivity contribution < 1.29 is 4.74 Å². The van der Waals surface area contributed by atoms with E-state index in [4.69, 9.17) is 10.5 Å². The number of rotatable bonds is 9. The van der Waals surface area contributed by atoms with Crippen molar-refractivity contribution in [2.75, 3.05) is 36.3 Å². The highest BCUT2D eigenvalue weighted by Gasteiger charge is 2.21. The molecule has 10 heteroatoms. The van der Waals surface area contributed by atoms with Gasteiger partial charge in [0.25, 0.3) is 0 Å². The predicted molar refractivity (Wildman–Crippen MR) is 119 cm³/mol. The zero-order valence-corrected chi connectivity index (χ0v) is 17.8. The highest BCUT2D eigenvalue weighted by atomic mass is 32.2. The quantitative estimate of drug-likeness (QED) is 0.409. The molecular weight excluding hydrogens is 400 g/mol. The van der Waals surface area contributed by atoms with Crippen molar-refractivity contribution in [1.29, 1.82) is 0 Å². The van der Waals surface area contributed by atoms with Gasteiger partial charge in [0.1, 0.15) is 11.6 Å². The van der Waals surface area contributed by atoms with Gasteiger partial charge in [0.2, 0.25) is 5.82 Å². The van der Waals surface area contributed by atoms with Crippen LogP contribution in [-0.2, 0) is 7.05 Å². The molecule has 0 unspecified atom stereocenters. The SMILES string of the molecule is Cn1nnc(-c2ccc(OCCCCCN3CCN(c4ccnc(N)c4)S3)cc2)n1. The van der Waals surface area contributed by atoms with Crippen LogP contribution < -0.4 is 14.8 Å². The van der Waals surface area contributed by atoms with Gasteiger partial charge in [0.05, 0.1) is 19.3 Å². The molecule has 2 N–H and O–H groups in total. The molecule has 1 aliphatic rings. The number of benzene rings is 1. The molecule has 0 saturated carbocycles. The van der Waals surface area contributed by atoms with E-state index in [-0.39, 0.29) is 0 Å². The van der Waals surface area contributed by atoms with E-state index in [2.05, 4.69) is 29.0 Å². The molecule has 1 aliphatic heterocycles. The first-order valence-electron chi connectivity index (χ1n) is 10.1. The summed E-state index contributed by atoms with van der Waals surface area (Å²) in [6.07, 6.45) is 5.09. The van der Waals surface area contributed by atoms with Crippen LogP contribution in [-0.4, -0.2) is 55.7 Å². The van der Waals surface area contributed by atoms with Crippen LogP contribution in [0.25, 0.3) is 11.4 Å². The zero-order valence-electron chi connectivity index (χ0n) is 17.0. The average Bonchev–Trinajstić information content (AvgIpc) is 3.40. The molecule has 1 aromatic carbocycles. The summed E-state index contributed by atoms with van der Waals surface area (Å²) < 4.78 is 10.5.